The Bertz CT molecular complexity index is 930. The van der Waals surface area contributed by atoms with Gasteiger partial charge in [-0.15, -0.1) is 0 Å². The molecule has 0 heterocycles. The van der Waals surface area contributed by atoms with Crippen molar-refractivity contribution in [1.82, 2.24) is 5.32 Å². The Kier molecular flexibility index (Phi) is 37.0. The van der Waals surface area contributed by atoms with Gasteiger partial charge in [0.25, 0.3) is 0 Å². The van der Waals surface area contributed by atoms with Crippen LogP contribution < -0.4 is 11.1 Å². The molecule has 10 heteroatoms. The van der Waals surface area contributed by atoms with Gasteiger partial charge in [-0.25, -0.2) is 4.57 Å². The van der Waals surface area contributed by atoms with Gasteiger partial charge in [-0.05, 0) is 57.8 Å². The van der Waals surface area contributed by atoms with E-state index in [1.54, 1.807) is 6.08 Å². The molecule has 0 aliphatic heterocycles. The van der Waals surface area contributed by atoms with Crippen LogP contribution in [0.2, 0.25) is 0 Å². The molecule has 0 spiro atoms. The van der Waals surface area contributed by atoms with Crippen LogP contribution >= 0.6 is 7.82 Å². The minimum atomic E-state index is -4.40. The summed E-state index contributed by atoms with van der Waals surface area (Å²) in [6, 6.07) is -1.000. The van der Waals surface area contributed by atoms with Crippen LogP contribution in [0.25, 0.3) is 0 Å². The summed E-state index contributed by atoms with van der Waals surface area (Å²) in [4.78, 5) is 22.7. The second-order valence-electron chi connectivity index (χ2n) is 14.4. The molecule has 0 aromatic heterocycles. The van der Waals surface area contributed by atoms with Gasteiger partial charge in [-0.3, -0.25) is 13.8 Å². The number of hydrogen-bond acceptors (Lipinski definition) is 7. The second kappa shape index (κ2) is 38.0. The van der Waals surface area contributed by atoms with E-state index in [1.807, 2.05) is 6.08 Å². The molecule has 4 unspecified atom stereocenters. The zero-order chi connectivity index (χ0) is 38.4. The molecule has 0 aliphatic rings. The topological polar surface area (TPSA) is 151 Å². The van der Waals surface area contributed by atoms with Crippen LogP contribution in [0.3, 0.4) is 0 Å². The van der Waals surface area contributed by atoms with E-state index in [4.69, 9.17) is 14.8 Å². The van der Waals surface area contributed by atoms with E-state index in [1.165, 1.54) is 109 Å². The van der Waals surface area contributed by atoms with E-state index in [0.29, 0.717) is 12.8 Å². The molecule has 6 N–H and O–H groups in total. The van der Waals surface area contributed by atoms with Gasteiger partial charge in [-0.1, -0.05) is 159 Å². The summed E-state index contributed by atoms with van der Waals surface area (Å²) in [5, 5.41) is 23.9. The highest BCUT2D eigenvalue weighted by Crippen LogP contribution is 2.43. The Morgan fingerprint density at radius 3 is 1.60 bits per heavy atom. The minimum absolute atomic E-state index is 0.0431. The van der Waals surface area contributed by atoms with E-state index in [2.05, 4.69) is 43.5 Å². The fourth-order valence-corrected chi connectivity index (χ4v) is 6.77. The molecular formula is C42H81N2O7P. The average Bonchev–Trinajstić information content (AvgIpc) is 3.12. The number of allylic oxidation sites excluding steroid dienone is 5. The molecule has 0 saturated heterocycles. The maximum Gasteiger partial charge on any atom is 0.472 e. The van der Waals surface area contributed by atoms with E-state index in [9.17, 15) is 24.5 Å². The normalized spacial score (nSPS) is 15.1. The van der Waals surface area contributed by atoms with Gasteiger partial charge in [0, 0.05) is 6.54 Å². The predicted octanol–water partition coefficient (Wildman–Crippen LogP) is 10.5. The number of hydrogen-bond donors (Lipinski definition) is 5. The molecule has 1 amide bonds. The van der Waals surface area contributed by atoms with Gasteiger partial charge < -0.3 is 26.2 Å². The van der Waals surface area contributed by atoms with Crippen LogP contribution in [0.15, 0.2) is 36.5 Å². The van der Waals surface area contributed by atoms with Crippen LogP contribution in [0.1, 0.15) is 187 Å². The third-order valence-electron chi connectivity index (χ3n) is 9.24. The van der Waals surface area contributed by atoms with Gasteiger partial charge in [0.05, 0.1) is 37.9 Å². The number of unbranched alkanes of at least 4 members (excludes halogenated alkanes) is 21. The number of carbonyl (C=O) groups excluding carboxylic acids is 1. The molecule has 0 aliphatic carbocycles. The third kappa shape index (κ3) is 35.7. The first kappa shape index (κ1) is 50.7. The summed E-state index contributed by atoms with van der Waals surface area (Å²) in [5.41, 5.74) is 5.35. The van der Waals surface area contributed by atoms with Gasteiger partial charge in [0.15, 0.2) is 0 Å². The first-order valence-corrected chi connectivity index (χ1v) is 22.7. The lowest BCUT2D eigenvalue weighted by molar-refractivity contribution is -0.124. The number of amides is 1. The molecule has 0 aromatic rings. The van der Waals surface area contributed by atoms with Gasteiger partial charge in [0.1, 0.15) is 0 Å². The van der Waals surface area contributed by atoms with E-state index in [0.717, 1.165) is 44.9 Å². The Balaban J connectivity index is 4.30. The molecule has 306 valence electrons. The van der Waals surface area contributed by atoms with Crippen LogP contribution in [0.5, 0.6) is 0 Å². The highest BCUT2D eigenvalue weighted by atomic mass is 31.2. The molecule has 0 fully saturated rings. The van der Waals surface area contributed by atoms with Crippen LogP contribution in [-0.2, 0) is 18.4 Å². The van der Waals surface area contributed by atoms with E-state index < -0.39 is 38.6 Å². The number of phosphoric ester groups is 1. The summed E-state index contributed by atoms with van der Waals surface area (Å²) < 4.78 is 22.0. The minimum Gasteiger partial charge on any atom is -0.393 e. The SMILES string of the molecule is CCCCCCC/C=C/CC/C=C/C(O)C(COP(=O)(O)OCCN)NC(=O)CC(O)CCCCCCC/C=C\CCCCCCCCCCCC. The van der Waals surface area contributed by atoms with Gasteiger partial charge in [0.2, 0.25) is 5.91 Å². The average molecular weight is 757 g/mol. The molecule has 52 heavy (non-hydrogen) atoms. The molecule has 0 saturated carbocycles. The lowest BCUT2D eigenvalue weighted by atomic mass is 10.0. The Morgan fingerprint density at radius 1 is 0.654 bits per heavy atom. The van der Waals surface area contributed by atoms with Crippen LogP contribution in [-0.4, -0.2) is 59.0 Å². The molecular weight excluding hydrogens is 675 g/mol. The smallest absolute Gasteiger partial charge is 0.393 e. The fourth-order valence-electron chi connectivity index (χ4n) is 6.01. The van der Waals surface area contributed by atoms with Crippen molar-refractivity contribution in [3.8, 4) is 0 Å². The van der Waals surface area contributed by atoms with Crippen LogP contribution in [0, 0.1) is 0 Å². The quantitative estimate of drug-likeness (QED) is 0.0236. The highest BCUT2D eigenvalue weighted by Gasteiger charge is 2.27. The van der Waals surface area contributed by atoms with Crippen molar-refractivity contribution in [3.63, 3.8) is 0 Å². The highest BCUT2D eigenvalue weighted by molar-refractivity contribution is 7.47. The summed E-state index contributed by atoms with van der Waals surface area (Å²) in [6.45, 7) is 3.91. The van der Waals surface area contributed by atoms with Crippen molar-refractivity contribution in [1.29, 1.82) is 0 Å². The Labute approximate surface area is 319 Å². The van der Waals surface area contributed by atoms with E-state index >= 15 is 0 Å². The van der Waals surface area contributed by atoms with Crippen molar-refractivity contribution in [2.75, 3.05) is 19.8 Å². The van der Waals surface area contributed by atoms with Crippen molar-refractivity contribution >= 4 is 13.7 Å². The van der Waals surface area contributed by atoms with Crippen molar-refractivity contribution < 1.29 is 33.5 Å². The zero-order valence-corrected chi connectivity index (χ0v) is 34.3. The lowest BCUT2D eigenvalue weighted by Crippen LogP contribution is -2.46. The van der Waals surface area contributed by atoms with Crippen molar-refractivity contribution in [2.24, 2.45) is 5.73 Å². The number of nitrogens with one attached hydrogen (secondary N) is 1. The zero-order valence-electron chi connectivity index (χ0n) is 33.4. The molecule has 4 atom stereocenters. The lowest BCUT2D eigenvalue weighted by Gasteiger charge is -2.24. The monoisotopic (exact) mass is 757 g/mol. The number of aliphatic hydroxyl groups is 2. The first-order chi connectivity index (χ1) is 25.3. The van der Waals surface area contributed by atoms with Crippen molar-refractivity contribution in [2.45, 2.75) is 205 Å². The number of phosphoric acid groups is 1. The maximum absolute atomic E-state index is 12.8. The number of aliphatic hydroxyl groups excluding tert-OH is 2. The summed E-state index contributed by atoms with van der Waals surface area (Å²) in [6.07, 6.45) is 41.0. The standard InChI is InChI=1S/C42H81N2O7P/c1-3-5-7-9-11-13-15-16-17-18-19-20-21-22-24-25-27-29-31-33-39(45)37-42(47)44-40(38-51-52(48,49)50-36-35-43)41(46)34-32-30-28-26-23-14-12-10-8-6-4-2/h20-21,23,26,32,34,39-41,45-46H,3-19,22,24-25,27-31,33,35-38,43H2,1-2H3,(H,44,47)(H,48,49)/b21-20-,26-23+,34-32+. The summed E-state index contributed by atoms with van der Waals surface area (Å²) in [7, 11) is -4.40. The first-order valence-electron chi connectivity index (χ1n) is 21.2. The number of nitrogens with two attached hydrogens (primary N) is 1. The van der Waals surface area contributed by atoms with Gasteiger partial charge >= 0.3 is 7.82 Å². The largest absolute Gasteiger partial charge is 0.472 e. The Hall–Kier alpha value is -1.32. The van der Waals surface area contributed by atoms with Crippen LogP contribution in [0.4, 0.5) is 0 Å². The summed E-state index contributed by atoms with van der Waals surface area (Å²) >= 11 is 0. The number of rotatable bonds is 39. The second-order valence-corrected chi connectivity index (χ2v) is 15.8. The molecule has 0 aromatic carbocycles. The molecule has 0 rings (SSSR count). The van der Waals surface area contributed by atoms with Gasteiger partial charge in [-0.2, -0.15) is 0 Å². The Morgan fingerprint density at radius 2 is 1.10 bits per heavy atom. The predicted molar refractivity (Wildman–Crippen MR) is 218 cm³/mol. The number of carbonyl (C=O) groups is 1. The fraction of sp³-hybridized carbons (Fsp3) is 0.833. The molecule has 9 nitrogen and oxygen atoms in total. The van der Waals surface area contributed by atoms with Crippen molar-refractivity contribution in [3.05, 3.63) is 36.5 Å². The molecule has 0 bridgehead atoms. The summed E-state index contributed by atoms with van der Waals surface area (Å²) in [5.74, 6) is -0.462. The van der Waals surface area contributed by atoms with E-state index in [-0.39, 0.29) is 19.6 Å². The maximum atomic E-state index is 12.8. The molecule has 0 radical (unpaired) electrons. The third-order valence-corrected chi connectivity index (χ3v) is 10.2.